The largest absolute Gasteiger partial charge is 0.423 e. The summed E-state index contributed by atoms with van der Waals surface area (Å²) in [4.78, 5) is 41.7. The van der Waals surface area contributed by atoms with Crippen LogP contribution in [0.1, 0.15) is 86.0 Å². The van der Waals surface area contributed by atoms with Crippen LogP contribution in [0.2, 0.25) is 0 Å². The summed E-state index contributed by atoms with van der Waals surface area (Å²) in [6, 6.07) is 24.1. The number of benzene rings is 3. The minimum absolute atomic E-state index is 0.0355. The first-order valence-electron chi connectivity index (χ1n) is 16.3. The van der Waals surface area contributed by atoms with Gasteiger partial charge in [0.15, 0.2) is 0 Å². The molecule has 7 nitrogen and oxygen atoms in total. The summed E-state index contributed by atoms with van der Waals surface area (Å²) in [5.41, 5.74) is 4.37. The molecule has 0 aliphatic heterocycles. The van der Waals surface area contributed by atoms with Crippen molar-refractivity contribution in [1.29, 1.82) is 0 Å². The van der Waals surface area contributed by atoms with E-state index in [0.717, 1.165) is 66.2 Å². The zero-order valence-electron chi connectivity index (χ0n) is 27.2. The molecule has 7 heteroatoms. The van der Waals surface area contributed by atoms with E-state index in [1.807, 2.05) is 50.4 Å². The predicted molar refractivity (Wildman–Crippen MR) is 181 cm³/mol. The Morgan fingerprint density at radius 2 is 1.56 bits per heavy atom. The minimum atomic E-state index is -0.559. The van der Waals surface area contributed by atoms with Crippen LogP contribution in [0.3, 0.4) is 0 Å². The van der Waals surface area contributed by atoms with Gasteiger partial charge < -0.3 is 19.5 Å². The van der Waals surface area contributed by atoms with Gasteiger partial charge in [0.2, 0.25) is 11.8 Å². The third-order valence-corrected chi connectivity index (χ3v) is 8.37. The van der Waals surface area contributed by atoms with Crippen molar-refractivity contribution in [3.8, 4) is 5.75 Å². The van der Waals surface area contributed by atoms with Crippen molar-refractivity contribution in [3.05, 3.63) is 101 Å². The van der Waals surface area contributed by atoms with Crippen molar-refractivity contribution in [2.45, 2.75) is 84.7 Å². The number of ether oxygens (including phenoxy) is 1. The molecule has 1 aromatic heterocycles. The number of unbranched alkanes of at least 4 members (excludes halogenated alkanes) is 4. The summed E-state index contributed by atoms with van der Waals surface area (Å²) in [6.45, 7) is 7.59. The molecule has 0 saturated heterocycles. The van der Waals surface area contributed by atoms with Gasteiger partial charge in [-0.3, -0.25) is 9.59 Å². The number of nitrogens with one attached hydrogen (secondary N) is 1. The molecule has 45 heavy (non-hydrogen) atoms. The first-order valence-corrected chi connectivity index (χ1v) is 16.3. The average molecular weight is 610 g/mol. The van der Waals surface area contributed by atoms with Crippen LogP contribution < -0.4 is 10.1 Å². The molecule has 0 saturated carbocycles. The van der Waals surface area contributed by atoms with Crippen molar-refractivity contribution in [3.63, 3.8) is 0 Å². The van der Waals surface area contributed by atoms with Crippen LogP contribution in [0.25, 0.3) is 10.9 Å². The number of aromatic nitrogens is 1. The van der Waals surface area contributed by atoms with E-state index in [0.29, 0.717) is 30.8 Å². The molecule has 1 atom stereocenters. The average Bonchev–Trinajstić information content (AvgIpc) is 3.30. The van der Waals surface area contributed by atoms with Crippen LogP contribution >= 0.6 is 0 Å². The molecule has 4 aromatic rings. The fourth-order valence-corrected chi connectivity index (χ4v) is 5.74. The van der Waals surface area contributed by atoms with E-state index < -0.39 is 12.0 Å². The van der Waals surface area contributed by atoms with Crippen LogP contribution in [0.15, 0.2) is 78.9 Å². The molecule has 2 amide bonds. The molecular formula is C38H47N3O4. The quantitative estimate of drug-likeness (QED) is 0.0812. The molecule has 0 radical (unpaired) electrons. The SMILES string of the molecule is CCCCCCC(NC(=O)Cc1c(C)n(Cc2ccccc2)c2ccc(OC(=O)c3ccccc3)cc12)C(=O)N(C)CCCC. The highest BCUT2D eigenvalue weighted by Crippen LogP contribution is 2.31. The molecule has 0 bridgehead atoms. The molecule has 0 spiro atoms. The number of esters is 1. The number of rotatable bonds is 16. The highest BCUT2D eigenvalue weighted by molar-refractivity contribution is 5.95. The molecule has 238 valence electrons. The second kappa shape index (κ2) is 16.6. The summed E-state index contributed by atoms with van der Waals surface area (Å²) in [6.07, 6.45) is 6.79. The Morgan fingerprint density at radius 1 is 0.867 bits per heavy atom. The minimum Gasteiger partial charge on any atom is -0.423 e. The molecular weight excluding hydrogens is 562 g/mol. The van der Waals surface area contributed by atoms with Gasteiger partial charge in [-0.1, -0.05) is 94.5 Å². The van der Waals surface area contributed by atoms with Gasteiger partial charge in [-0.05, 0) is 61.2 Å². The maximum atomic E-state index is 13.7. The van der Waals surface area contributed by atoms with E-state index in [-0.39, 0.29) is 18.2 Å². The van der Waals surface area contributed by atoms with Crippen LogP contribution in [0.4, 0.5) is 0 Å². The molecule has 3 aromatic carbocycles. The van der Waals surface area contributed by atoms with E-state index >= 15 is 0 Å². The lowest BCUT2D eigenvalue weighted by molar-refractivity contribution is -0.135. The summed E-state index contributed by atoms with van der Waals surface area (Å²) in [7, 11) is 1.82. The molecule has 0 aliphatic rings. The Morgan fingerprint density at radius 3 is 2.24 bits per heavy atom. The van der Waals surface area contributed by atoms with Crippen LogP contribution in [0, 0.1) is 6.92 Å². The Balaban J connectivity index is 1.63. The second-order valence-corrected chi connectivity index (χ2v) is 11.8. The first-order chi connectivity index (χ1) is 21.8. The van der Waals surface area contributed by atoms with Gasteiger partial charge in [-0.2, -0.15) is 0 Å². The van der Waals surface area contributed by atoms with E-state index in [2.05, 4.69) is 35.9 Å². The number of likely N-dealkylation sites (N-methyl/N-ethyl adjacent to an activating group) is 1. The number of hydrogen-bond acceptors (Lipinski definition) is 4. The maximum absolute atomic E-state index is 13.7. The van der Waals surface area contributed by atoms with Gasteiger partial charge in [0.05, 0.1) is 12.0 Å². The van der Waals surface area contributed by atoms with Crippen molar-refractivity contribution in [2.75, 3.05) is 13.6 Å². The summed E-state index contributed by atoms with van der Waals surface area (Å²) in [5.74, 6) is -0.254. The van der Waals surface area contributed by atoms with Crippen molar-refractivity contribution in [1.82, 2.24) is 14.8 Å². The number of amides is 2. The third kappa shape index (κ3) is 9.07. The van der Waals surface area contributed by atoms with E-state index in [1.165, 1.54) is 0 Å². The smallest absolute Gasteiger partial charge is 0.343 e. The van der Waals surface area contributed by atoms with Crippen LogP contribution in [0.5, 0.6) is 5.75 Å². The molecule has 1 unspecified atom stereocenters. The van der Waals surface area contributed by atoms with E-state index in [9.17, 15) is 14.4 Å². The zero-order chi connectivity index (χ0) is 32.2. The first kappa shape index (κ1) is 33.5. The molecule has 0 fully saturated rings. The van der Waals surface area contributed by atoms with Crippen molar-refractivity contribution in [2.24, 2.45) is 0 Å². The lowest BCUT2D eigenvalue weighted by Crippen LogP contribution is -2.48. The molecule has 1 heterocycles. The van der Waals surface area contributed by atoms with Gasteiger partial charge >= 0.3 is 5.97 Å². The van der Waals surface area contributed by atoms with E-state index in [4.69, 9.17) is 4.74 Å². The highest BCUT2D eigenvalue weighted by atomic mass is 16.5. The monoisotopic (exact) mass is 609 g/mol. The standard InChI is InChI=1S/C38H47N3O4/c1-5-7-9-16-21-34(37(43)40(4)24-8-6-2)39-36(42)26-32-28(3)41(27-29-17-12-10-13-18-29)35-23-22-31(25-33(32)35)45-38(44)30-19-14-11-15-20-30/h10-15,17-20,22-23,25,34H,5-9,16,21,24,26-27H2,1-4H3,(H,39,42). The number of nitrogens with zero attached hydrogens (tertiary/aromatic N) is 2. The van der Waals surface area contributed by atoms with Gasteiger partial charge in [-0.25, -0.2) is 4.79 Å². The van der Waals surface area contributed by atoms with Crippen LogP contribution in [-0.2, 0) is 22.6 Å². The Bertz CT molecular complexity index is 1560. The Kier molecular flexibility index (Phi) is 12.4. The lowest BCUT2D eigenvalue weighted by Gasteiger charge is -2.25. The summed E-state index contributed by atoms with van der Waals surface area (Å²) < 4.78 is 7.95. The number of carbonyl (C=O) groups is 3. The highest BCUT2D eigenvalue weighted by Gasteiger charge is 2.25. The summed E-state index contributed by atoms with van der Waals surface area (Å²) in [5, 5.41) is 3.94. The number of hydrogen-bond donors (Lipinski definition) is 1. The number of fused-ring (bicyclic) bond motifs is 1. The molecule has 1 N–H and O–H groups in total. The van der Waals surface area contributed by atoms with Gasteiger partial charge in [-0.15, -0.1) is 0 Å². The van der Waals surface area contributed by atoms with E-state index in [1.54, 1.807) is 35.2 Å². The van der Waals surface area contributed by atoms with Crippen molar-refractivity contribution < 1.29 is 19.1 Å². The fourth-order valence-electron chi connectivity index (χ4n) is 5.74. The van der Waals surface area contributed by atoms with Gasteiger partial charge in [0.25, 0.3) is 0 Å². The predicted octanol–water partition coefficient (Wildman–Crippen LogP) is 7.47. The lowest BCUT2D eigenvalue weighted by atomic mass is 10.0. The topological polar surface area (TPSA) is 80.6 Å². The third-order valence-electron chi connectivity index (χ3n) is 8.37. The van der Waals surface area contributed by atoms with Crippen LogP contribution in [-0.4, -0.2) is 46.9 Å². The Labute approximate surface area is 267 Å². The number of carbonyl (C=O) groups excluding carboxylic acids is 3. The second-order valence-electron chi connectivity index (χ2n) is 11.8. The molecule has 0 aliphatic carbocycles. The Hall–Kier alpha value is -4.39. The van der Waals surface area contributed by atoms with Gasteiger partial charge in [0, 0.05) is 36.7 Å². The van der Waals surface area contributed by atoms with Gasteiger partial charge in [0.1, 0.15) is 11.8 Å². The summed E-state index contributed by atoms with van der Waals surface area (Å²) >= 11 is 0. The normalized spacial score (nSPS) is 11.7. The maximum Gasteiger partial charge on any atom is 0.343 e. The fraction of sp³-hybridized carbons (Fsp3) is 0.395. The molecule has 4 rings (SSSR count). The van der Waals surface area contributed by atoms with Crippen molar-refractivity contribution >= 4 is 28.7 Å². The zero-order valence-corrected chi connectivity index (χ0v) is 27.2.